The molecule has 0 saturated heterocycles. The summed E-state index contributed by atoms with van der Waals surface area (Å²) in [6.07, 6.45) is 6.49. The number of aromatic nitrogens is 1. The fourth-order valence-corrected chi connectivity index (χ4v) is 2.84. The fraction of sp³-hybridized carbons (Fsp3) is 0.250. The zero-order valence-corrected chi connectivity index (χ0v) is 12.5. The molecule has 2 aromatic carbocycles. The van der Waals surface area contributed by atoms with Crippen molar-refractivity contribution in [2.24, 2.45) is 0 Å². The van der Waals surface area contributed by atoms with Gasteiger partial charge < -0.3 is 0 Å². The Balaban J connectivity index is 1.95. The molecule has 0 N–H and O–H groups in total. The van der Waals surface area contributed by atoms with Crippen molar-refractivity contribution in [3.8, 4) is 0 Å². The van der Waals surface area contributed by atoms with Crippen LogP contribution in [0, 0.1) is 0 Å². The van der Waals surface area contributed by atoms with Crippen molar-refractivity contribution >= 4 is 10.8 Å². The highest BCUT2D eigenvalue weighted by atomic mass is 14.7. The van der Waals surface area contributed by atoms with Crippen LogP contribution in [0.5, 0.6) is 0 Å². The molecule has 106 valence electrons. The second-order valence-electron chi connectivity index (χ2n) is 5.53. The van der Waals surface area contributed by atoms with Gasteiger partial charge in [0.25, 0.3) is 0 Å². The second kappa shape index (κ2) is 6.53. The molecule has 3 aromatic rings. The Labute approximate surface area is 126 Å². The lowest BCUT2D eigenvalue weighted by molar-refractivity contribution is 0.788. The Bertz CT molecular complexity index is 725. The number of nitrogens with zero attached hydrogens (tertiary/aromatic N) is 1. The Morgan fingerprint density at radius 1 is 0.857 bits per heavy atom. The van der Waals surface area contributed by atoms with Gasteiger partial charge in [-0.1, -0.05) is 61.9 Å². The summed E-state index contributed by atoms with van der Waals surface area (Å²) >= 11 is 0. The molecular weight excluding hydrogens is 254 g/mol. The van der Waals surface area contributed by atoms with Gasteiger partial charge in [-0.3, -0.25) is 4.98 Å². The number of unbranched alkanes of at least 4 members (excludes halogenated alkanes) is 1. The normalized spacial score (nSPS) is 10.9. The van der Waals surface area contributed by atoms with E-state index in [2.05, 4.69) is 66.5 Å². The lowest BCUT2D eigenvalue weighted by atomic mass is 9.97. The summed E-state index contributed by atoms with van der Waals surface area (Å²) in [6.45, 7) is 2.24. The lowest BCUT2D eigenvalue weighted by Gasteiger charge is -2.10. The SMILES string of the molecule is CCCCc1ccccc1Cc1nccc2ccccc12. The van der Waals surface area contributed by atoms with Gasteiger partial charge in [0.2, 0.25) is 0 Å². The summed E-state index contributed by atoms with van der Waals surface area (Å²) in [5, 5.41) is 2.54. The first-order valence-electron chi connectivity index (χ1n) is 7.78. The number of pyridine rings is 1. The molecule has 3 rings (SSSR count). The van der Waals surface area contributed by atoms with Gasteiger partial charge in [-0.05, 0) is 35.4 Å². The lowest BCUT2D eigenvalue weighted by Crippen LogP contribution is -1.98. The third-order valence-corrected chi connectivity index (χ3v) is 4.03. The van der Waals surface area contributed by atoms with Crippen molar-refractivity contribution in [3.63, 3.8) is 0 Å². The third-order valence-electron chi connectivity index (χ3n) is 4.03. The van der Waals surface area contributed by atoms with E-state index in [4.69, 9.17) is 0 Å². The Morgan fingerprint density at radius 2 is 1.62 bits per heavy atom. The molecule has 0 bridgehead atoms. The molecule has 1 heteroatoms. The molecule has 1 nitrogen and oxygen atoms in total. The molecule has 0 fully saturated rings. The van der Waals surface area contributed by atoms with Crippen LogP contribution < -0.4 is 0 Å². The van der Waals surface area contributed by atoms with Crippen LogP contribution in [-0.4, -0.2) is 4.98 Å². The highest BCUT2D eigenvalue weighted by Gasteiger charge is 2.06. The number of aryl methyl sites for hydroxylation is 1. The van der Waals surface area contributed by atoms with Crippen LogP contribution in [0.1, 0.15) is 36.6 Å². The first-order valence-corrected chi connectivity index (χ1v) is 7.78. The van der Waals surface area contributed by atoms with Gasteiger partial charge in [0.05, 0.1) is 5.69 Å². The fourth-order valence-electron chi connectivity index (χ4n) is 2.84. The molecule has 0 unspecified atom stereocenters. The van der Waals surface area contributed by atoms with Crippen molar-refractivity contribution in [2.75, 3.05) is 0 Å². The van der Waals surface area contributed by atoms with Gasteiger partial charge in [0.1, 0.15) is 0 Å². The molecule has 0 atom stereocenters. The minimum Gasteiger partial charge on any atom is -0.260 e. The minimum absolute atomic E-state index is 0.918. The number of fused-ring (bicyclic) bond motifs is 1. The van der Waals surface area contributed by atoms with E-state index in [1.807, 2.05) is 6.20 Å². The first kappa shape index (κ1) is 13.8. The Morgan fingerprint density at radius 3 is 2.48 bits per heavy atom. The van der Waals surface area contributed by atoms with E-state index < -0.39 is 0 Å². The maximum atomic E-state index is 4.62. The number of benzene rings is 2. The monoisotopic (exact) mass is 275 g/mol. The topological polar surface area (TPSA) is 12.9 Å². The van der Waals surface area contributed by atoms with E-state index in [0.717, 1.165) is 12.8 Å². The first-order chi connectivity index (χ1) is 10.4. The van der Waals surface area contributed by atoms with Gasteiger partial charge in [0, 0.05) is 18.0 Å². The van der Waals surface area contributed by atoms with Gasteiger partial charge >= 0.3 is 0 Å². The number of rotatable bonds is 5. The van der Waals surface area contributed by atoms with Crippen LogP contribution in [-0.2, 0) is 12.8 Å². The number of hydrogen-bond acceptors (Lipinski definition) is 1. The summed E-state index contributed by atoms with van der Waals surface area (Å²) in [7, 11) is 0. The molecule has 0 aliphatic rings. The van der Waals surface area contributed by atoms with Crippen molar-refractivity contribution in [3.05, 3.63) is 77.6 Å². The zero-order valence-electron chi connectivity index (χ0n) is 12.5. The molecule has 0 aliphatic heterocycles. The molecule has 0 radical (unpaired) electrons. The number of hydrogen-bond donors (Lipinski definition) is 0. The van der Waals surface area contributed by atoms with Crippen molar-refractivity contribution in [2.45, 2.75) is 32.6 Å². The molecule has 21 heavy (non-hydrogen) atoms. The predicted octanol–water partition coefficient (Wildman–Crippen LogP) is 5.17. The summed E-state index contributed by atoms with van der Waals surface area (Å²) in [4.78, 5) is 4.62. The molecular formula is C20H21N. The maximum absolute atomic E-state index is 4.62. The van der Waals surface area contributed by atoms with Crippen LogP contribution >= 0.6 is 0 Å². The molecule has 1 aromatic heterocycles. The summed E-state index contributed by atoms with van der Waals surface area (Å²) < 4.78 is 0. The average molecular weight is 275 g/mol. The maximum Gasteiger partial charge on any atom is 0.0525 e. The van der Waals surface area contributed by atoms with Gasteiger partial charge in [-0.25, -0.2) is 0 Å². The van der Waals surface area contributed by atoms with Crippen LogP contribution in [0.4, 0.5) is 0 Å². The quantitative estimate of drug-likeness (QED) is 0.626. The smallest absolute Gasteiger partial charge is 0.0525 e. The van der Waals surface area contributed by atoms with Crippen molar-refractivity contribution in [1.82, 2.24) is 4.98 Å². The molecule has 0 aliphatic carbocycles. The van der Waals surface area contributed by atoms with E-state index in [1.165, 1.54) is 40.4 Å². The van der Waals surface area contributed by atoms with Crippen LogP contribution in [0.25, 0.3) is 10.8 Å². The van der Waals surface area contributed by atoms with Gasteiger partial charge in [-0.2, -0.15) is 0 Å². The molecule has 1 heterocycles. The van der Waals surface area contributed by atoms with Crippen LogP contribution in [0.3, 0.4) is 0 Å². The van der Waals surface area contributed by atoms with Crippen molar-refractivity contribution < 1.29 is 0 Å². The van der Waals surface area contributed by atoms with Gasteiger partial charge in [0.15, 0.2) is 0 Å². The Kier molecular flexibility index (Phi) is 4.30. The summed E-state index contributed by atoms with van der Waals surface area (Å²) in [6, 6.07) is 19.4. The minimum atomic E-state index is 0.918. The van der Waals surface area contributed by atoms with Crippen molar-refractivity contribution in [1.29, 1.82) is 0 Å². The second-order valence-corrected chi connectivity index (χ2v) is 5.53. The molecule has 0 spiro atoms. The largest absolute Gasteiger partial charge is 0.260 e. The average Bonchev–Trinajstić information content (AvgIpc) is 2.54. The van der Waals surface area contributed by atoms with E-state index >= 15 is 0 Å². The van der Waals surface area contributed by atoms with Crippen LogP contribution in [0.15, 0.2) is 60.8 Å². The van der Waals surface area contributed by atoms with Crippen LogP contribution in [0.2, 0.25) is 0 Å². The van der Waals surface area contributed by atoms with E-state index in [1.54, 1.807) is 0 Å². The predicted molar refractivity (Wildman–Crippen MR) is 89.6 cm³/mol. The van der Waals surface area contributed by atoms with Gasteiger partial charge in [-0.15, -0.1) is 0 Å². The van der Waals surface area contributed by atoms with E-state index in [0.29, 0.717) is 0 Å². The molecule has 0 saturated carbocycles. The molecule has 0 amide bonds. The Hall–Kier alpha value is -2.15. The third kappa shape index (κ3) is 3.13. The highest BCUT2D eigenvalue weighted by Crippen LogP contribution is 2.21. The standard InChI is InChI=1S/C20H21N/c1-2-3-8-16-9-4-5-11-18(16)15-20-19-12-7-6-10-17(19)13-14-21-20/h4-7,9-14H,2-3,8,15H2,1H3. The highest BCUT2D eigenvalue weighted by molar-refractivity contribution is 5.84. The summed E-state index contributed by atoms with van der Waals surface area (Å²) in [5.74, 6) is 0. The van der Waals surface area contributed by atoms with E-state index in [-0.39, 0.29) is 0 Å². The zero-order chi connectivity index (χ0) is 14.5. The van der Waals surface area contributed by atoms with E-state index in [9.17, 15) is 0 Å². The summed E-state index contributed by atoms with van der Waals surface area (Å²) in [5.41, 5.74) is 4.06.